The second-order valence-electron chi connectivity index (χ2n) is 2.93. The molecule has 72 valence electrons. The van der Waals surface area contributed by atoms with E-state index in [1.54, 1.807) is 0 Å². The summed E-state index contributed by atoms with van der Waals surface area (Å²) in [6, 6.07) is 0. The van der Waals surface area contributed by atoms with Crippen molar-refractivity contribution in [3.05, 3.63) is 23.6 Å². The van der Waals surface area contributed by atoms with Crippen LogP contribution < -0.4 is 4.57 Å². The molecular weight excluding hydrogens is 170 g/mol. The maximum atomic E-state index is 9.56. The molecule has 0 fully saturated rings. The molecule has 0 unspecified atom stereocenters. The predicted molar refractivity (Wildman–Crippen MR) is 46.6 cm³/mol. The van der Waals surface area contributed by atoms with Crippen molar-refractivity contribution in [2.24, 2.45) is 12.4 Å². The fraction of sp³-hybridized carbons (Fsp3) is 0.625. The fourth-order valence-corrected chi connectivity index (χ4v) is 1.13. The quantitative estimate of drug-likeness (QED) is 0.284. The van der Waals surface area contributed by atoms with Crippen LogP contribution in [0, 0.1) is 4.91 Å². The van der Waals surface area contributed by atoms with Crippen LogP contribution in [0.15, 0.2) is 24.1 Å². The molecule has 0 aliphatic heterocycles. The van der Waals surface area contributed by atoms with Crippen molar-refractivity contribution < 1.29 is 9.40 Å². The molecule has 0 amide bonds. The van der Waals surface area contributed by atoms with Crippen LogP contribution in [-0.4, -0.2) is 11.2 Å². The maximum Gasteiger partial charge on any atom is 0.243 e. The summed E-state index contributed by atoms with van der Waals surface area (Å²) in [6.45, 7) is 1.36. The molecule has 0 saturated carbocycles. The van der Waals surface area contributed by atoms with E-state index in [4.69, 9.17) is 0 Å². The Hall–Kier alpha value is -1.39. The number of aromatic nitrogens is 2. The molecule has 5 heteroatoms. The van der Waals surface area contributed by atoms with Gasteiger partial charge >= 0.3 is 0 Å². The lowest BCUT2D eigenvalue weighted by molar-refractivity contribution is -0.671. The van der Waals surface area contributed by atoms with E-state index < -0.39 is 0 Å². The molecule has 0 bridgehead atoms. The third kappa shape index (κ3) is 3.68. The zero-order valence-corrected chi connectivity index (χ0v) is 7.72. The Labute approximate surface area is 76.9 Å². The van der Waals surface area contributed by atoms with Gasteiger partial charge in [0.25, 0.3) is 0 Å². The van der Waals surface area contributed by atoms with E-state index in [1.807, 2.05) is 30.3 Å². The molecule has 1 aromatic rings. The zero-order valence-electron chi connectivity index (χ0n) is 7.72. The Kier molecular flexibility index (Phi) is 3.95. The van der Waals surface area contributed by atoms with Gasteiger partial charge in [0, 0.05) is 0 Å². The van der Waals surface area contributed by atoms with Crippen molar-refractivity contribution in [1.29, 1.82) is 0 Å². The van der Waals surface area contributed by atoms with E-state index in [0.717, 1.165) is 19.4 Å². The molecule has 1 heterocycles. The number of nitrogens with zero attached hydrogens (tertiary/aromatic N) is 3. The van der Waals surface area contributed by atoms with Gasteiger partial charge in [-0.15, -0.1) is 4.91 Å². The molecule has 0 spiro atoms. The largest absolute Gasteiger partial charge is 0.364 e. The Balaban J connectivity index is 2.09. The molecule has 0 aromatic carbocycles. The molecule has 1 aromatic heterocycles. The van der Waals surface area contributed by atoms with Crippen LogP contribution in [0.5, 0.6) is 0 Å². The average Bonchev–Trinajstić information content (AvgIpc) is 2.51. The van der Waals surface area contributed by atoms with Crippen molar-refractivity contribution in [2.75, 3.05) is 6.61 Å². The molecule has 13 heavy (non-hydrogen) atoms. The first-order valence-corrected chi connectivity index (χ1v) is 4.28. The fourth-order valence-electron chi connectivity index (χ4n) is 1.13. The molecule has 0 N–H and O–H groups in total. The number of hydrogen-bond acceptors (Lipinski definition) is 3. The average molecular weight is 184 g/mol. The highest BCUT2D eigenvalue weighted by Gasteiger charge is 1.98. The summed E-state index contributed by atoms with van der Waals surface area (Å²) in [5.41, 5.74) is 0. The lowest BCUT2D eigenvalue weighted by Gasteiger charge is -1.95. The minimum absolute atomic E-state index is 0.414. The van der Waals surface area contributed by atoms with E-state index >= 15 is 0 Å². The highest BCUT2D eigenvalue weighted by atomic mass is 16.7. The van der Waals surface area contributed by atoms with E-state index in [1.165, 1.54) is 0 Å². The summed E-state index contributed by atoms with van der Waals surface area (Å²) in [6.07, 6.45) is 7.86. The van der Waals surface area contributed by atoms with Crippen LogP contribution in [0.4, 0.5) is 0 Å². The van der Waals surface area contributed by atoms with Gasteiger partial charge in [0.2, 0.25) is 6.33 Å². The Morgan fingerprint density at radius 2 is 2.38 bits per heavy atom. The summed E-state index contributed by atoms with van der Waals surface area (Å²) in [5, 5.41) is 2.32. The lowest BCUT2D eigenvalue weighted by atomic mass is 10.3. The highest BCUT2D eigenvalue weighted by Crippen LogP contribution is 1.94. The molecule has 5 nitrogen and oxygen atoms in total. The Morgan fingerprint density at radius 1 is 1.54 bits per heavy atom. The van der Waals surface area contributed by atoms with Crippen molar-refractivity contribution in [3.8, 4) is 0 Å². The minimum atomic E-state index is 0.414. The van der Waals surface area contributed by atoms with Crippen LogP contribution in [0.2, 0.25) is 0 Å². The molecule has 0 aliphatic rings. The van der Waals surface area contributed by atoms with E-state index in [9.17, 15) is 4.91 Å². The second-order valence-corrected chi connectivity index (χ2v) is 2.93. The van der Waals surface area contributed by atoms with Crippen LogP contribution >= 0.6 is 0 Å². The molecule has 1 rings (SSSR count). The summed E-state index contributed by atoms with van der Waals surface area (Å²) >= 11 is 0. The summed E-state index contributed by atoms with van der Waals surface area (Å²) in [5.74, 6) is 0. The smallest absolute Gasteiger partial charge is 0.243 e. The Bertz CT molecular complexity index is 260. The van der Waals surface area contributed by atoms with Crippen molar-refractivity contribution >= 4 is 0 Å². The van der Waals surface area contributed by atoms with Gasteiger partial charge in [0.05, 0.1) is 13.6 Å². The van der Waals surface area contributed by atoms with E-state index in [2.05, 4.69) is 14.7 Å². The van der Waals surface area contributed by atoms with Crippen molar-refractivity contribution in [2.45, 2.75) is 19.4 Å². The van der Waals surface area contributed by atoms with Gasteiger partial charge in [-0.2, -0.15) is 0 Å². The van der Waals surface area contributed by atoms with Crippen molar-refractivity contribution in [3.63, 3.8) is 0 Å². The first kappa shape index (κ1) is 9.70. The van der Waals surface area contributed by atoms with Crippen molar-refractivity contribution in [1.82, 2.24) is 4.57 Å². The molecule has 0 radical (unpaired) electrons. The van der Waals surface area contributed by atoms with E-state index in [0.29, 0.717) is 6.61 Å². The number of imidazole rings is 1. The molecule has 0 aliphatic carbocycles. The van der Waals surface area contributed by atoms with Gasteiger partial charge < -0.3 is 4.84 Å². The predicted octanol–water partition coefficient (Wildman–Crippen LogP) is 0.791. The lowest BCUT2D eigenvalue weighted by Crippen LogP contribution is -2.23. The van der Waals surface area contributed by atoms with Gasteiger partial charge in [-0.1, -0.05) is 0 Å². The number of rotatable bonds is 6. The monoisotopic (exact) mass is 184 g/mol. The van der Waals surface area contributed by atoms with E-state index in [-0.39, 0.29) is 0 Å². The zero-order chi connectivity index (χ0) is 9.52. The third-order valence-corrected chi connectivity index (χ3v) is 1.78. The number of hydrogen-bond donors (Lipinski definition) is 0. The van der Waals surface area contributed by atoms with Gasteiger partial charge in [0.15, 0.2) is 5.34 Å². The van der Waals surface area contributed by atoms with Crippen LogP contribution in [0.25, 0.3) is 0 Å². The second kappa shape index (κ2) is 5.29. The number of unbranched alkanes of at least 4 members (excludes halogenated alkanes) is 1. The topological polar surface area (TPSA) is 47.5 Å². The standard InChI is InChI=1S/C8H14N3O2/c1-10-5-6-11(8-10)4-2-3-7-13-9-12/h5-6,8H,2-4,7H2,1H3/q+1. The van der Waals surface area contributed by atoms with Crippen LogP contribution in [-0.2, 0) is 18.4 Å². The highest BCUT2D eigenvalue weighted by molar-refractivity contribution is 4.65. The first-order valence-electron chi connectivity index (χ1n) is 4.28. The molecular formula is C8H14N3O2+. The van der Waals surface area contributed by atoms with Gasteiger partial charge in [-0.25, -0.2) is 9.13 Å². The summed E-state index contributed by atoms with van der Waals surface area (Å²) < 4.78 is 4.08. The SMILES string of the molecule is C[n+]1ccn(CCCCON=O)c1. The molecule has 0 atom stereocenters. The van der Waals surface area contributed by atoms with Gasteiger partial charge in [-0.05, 0) is 12.8 Å². The minimum Gasteiger partial charge on any atom is -0.364 e. The van der Waals surface area contributed by atoms with Crippen LogP contribution in [0.1, 0.15) is 12.8 Å². The Morgan fingerprint density at radius 3 is 3.00 bits per heavy atom. The first-order chi connectivity index (χ1) is 6.33. The van der Waals surface area contributed by atoms with Gasteiger partial charge in [0.1, 0.15) is 19.0 Å². The number of aryl methyl sites for hydroxylation is 2. The molecule has 0 saturated heterocycles. The van der Waals surface area contributed by atoms with Gasteiger partial charge in [-0.3, -0.25) is 0 Å². The third-order valence-electron chi connectivity index (χ3n) is 1.78. The summed E-state index contributed by atoms with van der Waals surface area (Å²) in [7, 11) is 1.98. The summed E-state index contributed by atoms with van der Waals surface area (Å²) in [4.78, 5) is 13.9. The maximum absolute atomic E-state index is 9.56. The van der Waals surface area contributed by atoms with Crippen LogP contribution in [0.3, 0.4) is 0 Å². The normalized spacial score (nSPS) is 9.92.